The van der Waals surface area contributed by atoms with Crippen molar-refractivity contribution in [2.45, 2.75) is 56.2 Å². The summed E-state index contributed by atoms with van der Waals surface area (Å²) in [6, 6.07) is 12.4. The lowest BCUT2D eigenvalue weighted by Crippen LogP contribution is -2.44. The number of hydrogen-bond acceptors (Lipinski definition) is 4. The van der Waals surface area contributed by atoms with E-state index in [4.69, 9.17) is 9.84 Å². The van der Waals surface area contributed by atoms with E-state index in [1.807, 2.05) is 6.07 Å². The van der Waals surface area contributed by atoms with Crippen LogP contribution in [0.1, 0.15) is 43.2 Å². The van der Waals surface area contributed by atoms with Crippen LogP contribution < -0.4 is 10.1 Å². The van der Waals surface area contributed by atoms with Crippen molar-refractivity contribution in [3.63, 3.8) is 0 Å². The van der Waals surface area contributed by atoms with Gasteiger partial charge in [0.05, 0.1) is 0 Å². The Morgan fingerprint density at radius 1 is 1.18 bits per heavy atom. The first kappa shape index (κ1) is 23.6. The van der Waals surface area contributed by atoms with Gasteiger partial charge in [-0.05, 0) is 69.3 Å². The zero-order valence-corrected chi connectivity index (χ0v) is 19.2. The highest BCUT2D eigenvalue weighted by atomic mass is 19.2. The Labute approximate surface area is 193 Å². The predicted octanol–water partition coefficient (Wildman–Crippen LogP) is 4.35. The summed E-state index contributed by atoms with van der Waals surface area (Å²) in [5.41, 5.74) is 1.58. The van der Waals surface area contributed by atoms with Crippen molar-refractivity contribution < 1.29 is 23.4 Å². The lowest BCUT2D eigenvalue weighted by molar-refractivity contribution is -0.139. The monoisotopic (exact) mass is 458 g/mol. The highest BCUT2D eigenvalue weighted by molar-refractivity contribution is 5.73. The summed E-state index contributed by atoms with van der Waals surface area (Å²) in [5.74, 6) is -2.16. The van der Waals surface area contributed by atoms with E-state index < -0.39 is 23.6 Å². The molecule has 178 valence electrons. The zero-order chi connectivity index (χ0) is 23.6. The number of aliphatic carboxylic acids is 1. The minimum atomic E-state index is -0.936. The minimum absolute atomic E-state index is 0.0390. The van der Waals surface area contributed by atoms with Crippen LogP contribution in [0.3, 0.4) is 0 Å². The molecule has 4 rings (SSSR count). The molecule has 1 saturated heterocycles. The number of nitrogens with zero attached hydrogens (tertiary/aromatic N) is 1. The van der Waals surface area contributed by atoms with Crippen LogP contribution in [-0.2, 0) is 16.8 Å². The molecule has 2 atom stereocenters. The molecule has 2 aromatic rings. The van der Waals surface area contributed by atoms with Gasteiger partial charge < -0.3 is 15.2 Å². The van der Waals surface area contributed by atoms with E-state index in [0.717, 1.165) is 31.7 Å². The fraction of sp³-hybridized carbons (Fsp3) is 0.500. The van der Waals surface area contributed by atoms with E-state index in [9.17, 15) is 13.6 Å². The third-order valence-corrected chi connectivity index (χ3v) is 7.38. The summed E-state index contributed by atoms with van der Waals surface area (Å²) >= 11 is 0. The van der Waals surface area contributed by atoms with Gasteiger partial charge in [0, 0.05) is 24.6 Å². The normalized spacial score (nSPS) is 27.6. The Morgan fingerprint density at radius 3 is 2.48 bits per heavy atom. The Bertz CT molecular complexity index is 975. The van der Waals surface area contributed by atoms with Gasteiger partial charge in [-0.25, -0.2) is 8.78 Å². The van der Waals surface area contributed by atoms with Crippen LogP contribution >= 0.6 is 0 Å². The minimum Gasteiger partial charge on any atom is -0.489 e. The summed E-state index contributed by atoms with van der Waals surface area (Å²) in [6.45, 7) is 0.361. The van der Waals surface area contributed by atoms with Crippen molar-refractivity contribution in [3.05, 3.63) is 65.2 Å². The van der Waals surface area contributed by atoms with Crippen LogP contribution in [0.4, 0.5) is 8.78 Å². The molecule has 2 N–H and O–H groups in total. The second-order valence-electron chi connectivity index (χ2n) is 9.59. The maximum Gasteiger partial charge on any atom is 0.320 e. The van der Waals surface area contributed by atoms with Crippen LogP contribution in [0.25, 0.3) is 0 Å². The Hall–Kier alpha value is -2.51. The van der Waals surface area contributed by atoms with Crippen molar-refractivity contribution in [1.29, 1.82) is 0 Å². The third kappa shape index (κ3) is 5.04. The van der Waals surface area contributed by atoms with Crippen molar-refractivity contribution in [1.82, 2.24) is 10.2 Å². The predicted molar refractivity (Wildman–Crippen MR) is 122 cm³/mol. The molecule has 2 fully saturated rings. The van der Waals surface area contributed by atoms with Gasteiger partial charge in [-0.3, -0.25) is 9.69 Å². The molecule has 0 spiro atoms. The van der Waals surface area contributed by atoms with Gasteiger partial charge in [-0.15, -0.1) is 0 Å². The van der Waals surface area contributed by atoms with Crippen LogP contribution in [0.2, 0.25) is 0 Å². The molecule has 0 radical (unpaired) electrons. The van der Waals surface area contributed by atoms with Crippen LogP contribution in [0.5, 0.6) is 5.75 Å². The van der Waals surface area contributed by atoms with Crippen LogP contribution in [-0.4, -0.2) is 48.8 Å². The van der Waals surface area contributed by atoms with Gasteiger partial charge in [-0.1, -0.05) is 30.3 Å². The molecule has 2 aliphatic rings. The number of nitrogens with one attached hydrogen (secondary N) is 1. The largest absolute Gasteiger partial charge is 0.489 e. The molecular formula is C26H32F2N2O3. The molecule has 0 unspecified atom stereocenters. The first-order chi connectivity index (χ1) is 15.8. The number of carboxylic acid groups (broad SMARTS) is 1. The third-order valence-electron chi connectivity index (χ3n) is 7.38. The molecule has 33 heavy (non-hydrogen) atoms. The molecule has 1 aliphatic heterocycles. The van der Waals surface area contributed by atoms with Crippen molar-refractivity contribution in [3.8, 4) is 5.75 Å². The molecule has 1 aliphatic carbocycles. The zero-order valence-electron chi connectivity index (χ0n) is 19.2. The highest BCUT2D eigenvalue weighted by Gasteiger charge is 2.39. The second kappa shape index (κ2) is 9.77. The maximum atomic E-state index is 14.6. The van der Waals surface area contributed by atoms with E-state index in [0.29, 0.717) is 24.9 Å². The van der Waals surface area contributed by atoms with E-state index in [-0.39, 0.29) is 23.3 Å². The second-order valence-corrected chi connectivity index (χ2v) is 9.59. The average Bonchev–Trinajstić information content (AvgIpc) is 3.27. The number of halogens is 2. The summed E-state index contributed by atoms with van der Waals surface area (Å²) in [4.78, 5) is 13.4. The van der Waals surface area contributed by atoms with Gasteiger partial charge >= 0.3 is 5.97 Å². The summed E-state index contributed by atoms with van der Waals surface area (Å²) in [6.07, 6.45) is 4.12. The summed E-state index contributed by atoms with van der Waals surface area (Å²) < 4.78 is 34.8. The van der Waals surface area contributed by atoms with E-state index in [1.165, 1.54) is 5.56 Å². The number of carboxylic acids is 1. The van der Waals surface area contributed by atoms with Crippen LogP contribution in [0, 0.1) is 17.6 Å². The molecule has 0 aromatic heterocycles. The van der Waals surface area contributed by atoms with Gasteiger partial charge in [0.2, 0.25) is 0 Å². The Kier molecular flexibility index (Phi) is 7.00. The Balaban J connectivity index is 1.44. The van der Waals surface area contributed by atoms with Gasteiger partial charge in [0.25, 0.3) is 0 Å². The Morgan fingerprint density at radius 2 is 1.88 bits per heavy atom. The number of hydrogen-bond donors (Lipinski definition) is 2. The van der Waals surface area contributed by atoms with Crippen molar-refractivity contribution in [2.24, 2.45) is 5.92 Å². The number of carbonyl (C=O) groups is 1. The summed E-state index contributed by atoms with van der Waals surface area (Å²) in [7, 11) is 4.21. The van der Waals surface area contributed by atoms with E-state index >= 15 is 0 Å². The molecule has 1 saturated carbocycles. The fourth-order valence-electron chi connectivity index (χ4n) is 5.42. The highest BCUT2D eigenvalue weighted by Crippen LogP contribution is 2.44. The molecule has 1 heterocycles. The lowest BCUT2D eigenvalue weighted by Gasteiger charge is -2.45. The number of rotatable bonds is 7. The molecule has 7 heteroatoms. The van der Waals surface area contributed by atoms with Gasteiger partial charge in [-0.2, -0.15) is 0 Å². The first-order valence-electron chi connectivity index (χ1n) is 11.6. The summed E-state index contributed by atoms with van der Waals surface area (Å²) in [5, 5.41) is 12.0. The SMILES string of the molecule is CN(C)C1(c2ccccc2)CCC(Cc2cc(O[C@@H]3CN[C@H](C(=O)O)C3)cc(F)c2F)CC1. The first-order valence-corrected chi connectivity index (χ1v) is 11.6. The lowest BCUT2D eigenvalue weighted by atomic mass is 9.70. The van der Waals surface area contributed by atoms with Crippen LogP contribution in [0.15, 0.2) is 42.5 Å². The maximum absolute atomic E-state index is 14.6. The number of benzene rings is 2. The van der Waals surface area contributed by atoms with Gasteiger partial charge in [0.1, 0.15) is 17.9 Å². The quantitative estimate of drug-likeness (QED) is 0.646. The number of ether oxygens (including phenoxy) is 1. The molecular weight excluding hydrogens is 426 g/mol. The average molecular weight is 459 g/mol. The van der Waals surface area contributed by atoms with E-state index in [2.05, 4.69) is 48.6 Å². The topological polar surface area (TPSA) is 61.8 Å². The molecule has 5 nitrogen and oxygen atoms in total. The van der Waals surface area contributed by atoms with Gasteiger partial charge in [0.15, 0.2) is 11.6 Å². The van der Waals surface area contributed by atoms with Crippen molar-refractivity contribution in [2.75, 3.05) is 20.6 Å². The van der Waals surface area contributed by atoms with E-state index in [1.54, 1.807) is 6.07 Å². The van der Waals surface area contributed by atoms with Crippen molar-refractivity contribution >= 4 is 5.97 Å². The fourth-order valence-corrected chi connectivity index (χ4v) is 5.42. The molecule has 0 bridgehead atoms. The standard InChI is InChI=1S/C26H32F2N2O3/c1-30(2)26(19-6-4-3-5-7-19)10-8-17(9-11-26)12-18-13-20(14-22(27)24(18)28)33-21-15-23(25(31)32)29-16-21/h3-7,13-14,17,21,23,29H,8-12,15-16H2,1-2H3,(H,31,32)/t17?,21-,23-,26?/m0/s1. The molecule has 2 aromatic carbocycles. The smallest absolute Gasteiger partial charge is 0.320 e. The molecule has 0 amide bonds.